The topological polar surface area (TPSA) is 79.0 Å². The summed E-state index contributed by atoms with van der Waals surface area (Å²) >= 11 is 0. The van der Waals surface area contributed by atoms with Crippen molar-refractivity contribution in [2.24, 2.45) is 0 Å². The van der Waals surface area contributed by atoms with Crippen molar-refractivity contribution >= 4 is 23.4 Å². The van der Waals surface area contributed by atoms with Gasteiger partial charge in [-0.15, -0.1) is 0 Å². The average Bonchev–Trinajstić information content (AvgIpc) is 2.97. The second kappa shape index (κ2) is 8.78. The monoisotopic (exact) mass is 441 g/mol. The molecule has 3 aromatic rings. The van der Waals surface area contributed by atoms with Crippen LogP contribution in [0.15, 0.2) is 78.9 Å². The van der Waals surface area contributed by atoms with E-state index in [1.165, 1.54) is 0 Å². The summed E-state index contributed by atoms with van der Waals surface area (Å²) in [6.45, 7) is 0.643. The Bertz CT molecular complexity index is 1200. The number of nitrogens with zero attached hydrogens (tertiary/aromatic N) is 2. The predicted octanol–water partition coefficient (Wildman–Crippen LogP) is 3.04. The standard InChI is InChI=1S/C26H23N3O4/c30-24(17-33-20-9-5-2-6-10-20)28-13-14-29-23(16-28)25(31)27-22-12-11-19(15-21(22)26(29)32)18-7-3-1-4-8-18/h1-12,15,23H,13-14,16-17H2,(H,27,31). The molecule has 3 amide bonds. The van der Waals surface area contributed by atoms with Gasteiger partial charge >= 0.3 is 0 Å². The second-order valence-corrected chi connectivity index (χ2v) is 8.07. The number of anilines is 1. The quantitative estimate of drug-likeness (QED) is 0.675. The van der Waals surface area contributed by atoms with E-state index in [4.69, 9.17) is 4.74 Å². The van der Waals surface area contributed by atoms with E-state index in [0.29, 0.717) is 23.5 Å². The van der Waals surface area contributed by atoms with Gasteiger partial charge in [0.25, 0.3) is 11.8 Å². The number of carbonyl (C=O) groups is 3. The van der Waals surface area contributed by atoms with E-state index < -0.39 is 6.04 Å². The lowest BCUT2D eigenvalue weighted by Crippen LogP contribution is -2.60. The molecule has 2 aliphatic rings. The van der Waals surface area contributed by atoms with Gasteiger partial charge in [-0.1, -0.05) is 54.6 Å². The largest absolute Gasteiger partial charge is 0.484 e. The highest BCUT2D eigenvalue weighted by Crippen LogP contribution is 2.30. The Hall–Kier alpha value is -4.13. The molecule has 0 aliphatic carbocycles. The first kappa shape index (κ1) is 20.8. The minimum Gasteiger partial charge on any atom is -0.484 e. The van der Waals surface area contributed by atoms with Crippen LogP contribution in [0.2, 0.25) is 0 Å². The number of para-hydroxylation sites is 1. The number of fused-ring (bicyclic) bond motifs is 2. The van der Waals surface area contributed by atoms with Gasteiger partial charge in [-0.05, 0) is 35.4 Å². The van der Waals surface area contributed by atoms with Gasteiger partial charge < -0.3 is 19.9 Å². The molecule has 1 saturated heterocycles. The molecule has 1 N–H and O–H groups in total. The first-order valence-electron chi connectivity index (χ1n) is 10.9. The zero-order valence-corrected chi connectivity index (χ0v) is 17.9. The predicted molar refractivity (Wildman–Crippen MR) is 124 cm³/mol. The number of hydrogen-bond donors (Lipinski definition) is 1. The van der Waals surface area contributed by atoms with Crippen LogP contribution in [0, 0.1) is 0 Å². The van der Waals surface area contributed by atoms with E-state index in [2.05, 4.69) is 5.32 Å². The molecule has 7 nitrogen and oxygen atoms in total. The number of hydrogen-bond acceptors (Lipinski definition) is 4. The van der Waals surface area contributed by atoms with Gasteiger partial charge in [-0.25, -0.2) is 0 Å². The third kappa shape index (κ3) is 4.17. The number of nitrogens with one attached hydrogen (secondary N) is 1. The van der Waals surface area contributed by atoms with Crippen LogP contribution in [0.3, 0.4) is 0 Å². The van der Waals surface area contributed by atoms with Gasteiger partial charge in [0.05, 0.1) is 17.8 Å². The van der Waals surface area contributed by atoms with Crippen molar-refractivity contribution in [1.82, 2.24) is 9.80 Å². The van der Waals surface area contributed by atoms with E-state index in [1.54, 1.807) is 28.0 Å². The van der Waals surface area contributed by atoms with Crippen molar-refractivity contribution in [3.63, 3.8) is 0 Å². The van der Waals surface area contributed by atoms with Gasteiger partial charge in [0.2, 0.25) is 5.91 Å². The number of amides is 3. The number of carbonyl (C=O) groups excluding carboxylic acids is 3. The fourth-order valence-corrected chi connectivity index (χ4v) is 4.24. The number of rotatable bonds is 4. The Balaban J connectivity index is 1.33. The first-order chi connectivity index (χ1) is 16.1. The molecule has 5 rings (SSSR count). The third-order valence-corrected chi connectivity index (χ3v) is 6.02. The van der Waals surface area contributed by atoms with Crippen LogP contribution in [0.5, 0.6) is 5.75 Å². The van der Waals surface area contributed by atoms with Crippen LogP contribution in [0.4, 0.5) is 5.69 Å². The smallest absolute Gasteiger partial charge is 0.260 e. The summed E-state index contributed by atoms with van der Waals surface area (Å²) in [6.07, 6.45) is 0. The SMILES string of the molecule is O=C1Nc2ccc(-c3ccccc3)cc2C(=O)N2CCN(C(=O)COc3ccccc3)CC12. The van der Waals surface area contributed by atoms with Crippen molar-refractivity contribution in [3.05, 3.63) is 84.4 Å². The fourth-order valence-electron chi connectivity index (χ4n) is 4.24. The lowest BCUT2D eigenvalue weighted by molar-refractivity contribution is -0.137. The Morgan fingerprint density at radius 2 is 1.64 bits per heavy atom. The summed E-state index contributed by atoms with van der Waals surface area (Å²) in [4.78, 5) is 42.2. The molecule has 2 heterocycles. The zero-order chi connectivity index (χ0) is 22.8. The normalized spacial score (nSPS) is 17.5. The van der Waals surface area contributed by atoms with Crippen molar-refractivity contribution < 1.29 is 19.1 Å². The molecule has 0 radical (unpaired) electrons. The van der Waals surface area contributed by atoms with Crippen LogP contribution in [0.25, 0.3) is 11.1 Å². The van der Waals surface area contributed by atoms with Crippen LogP contribution in [0.1, 0.15) is 10.4 Å². The van der Waals surface area contributed by atoms with E-state index in [9.17, 15) is 14.4 Å². The molecule has 1 fully saturated rings. The van der Waals surface area contributed by atoms with Gasteiger partial charge in [0.15, 0.2) is 6.61 Å². The molecule has 3 aromatic carbocycles. The Morgan fingerprint density at radius 3 is 2.39 bits per heavy atom. The summed E-state index contributed by atoms with van der Waals surface area (Å²) in [5, 5.41) is 2.88. The number of piperazine rings is 1. The number of benzene rings is 3. The molecule has 166 valence electrons. The van der Waals surface area contributed by atoms with Crippen LogP contribution < -0.4 is 10.1 Å². The van der Waals surface area contributed by atoms with Gasteiger partial charge in [-0.3, -0.25) is 14.4 Å². The van der Waals surface area contributed by atoms with Gasteiger partial charge in [0.1, 0.15) is 11.8 Å². The molecule has 1 unspecified atom stereocenters. The summed E-state index contributed by atoms with van der Waals surface area (Å²) in [7, 11) is 0. The van der Waals surface area contributed by atoms with E-state index in [0.717, 1.165) is 11.1 Å². The highest BCUT2D eigenvalue weighted by Gasteiger charge is 2.40. The average molecular weight is 441 g/mol. The van der Waals surface area contributed by atoms with Gasteiger partial charge in [-0.2, -0.15) is 0 Å². The van der Waals surface area contributed by atoms with Crippen molar-refractivity contribution in [1.29, 1.82) is 0 Å². The van der Waals surface area contributed by atoms with Crippen molar-refractivity contribution in [3.8, 4) is 16.9 Å². The summed E-state index contributed by atoms with van der Waals surface area (Å²) in [6, 6.07) is 23.6. The highest BCUT2D eigenvalue weighted by molar-refractivity contribution is 6.10. The summed E-state index contributed by atoms with van der Waals surface area (Å²) in [5.41, 5.74) is 2.85. The second-order valence-electron chi connectivity index (χ2n) is 8.07. The lowest BCUT2D eigenvalue weighted by Gasteiger charge is -2.39. The van der Waals surface area contributed by atoms with E-state index in [1.807, 2.05) is 60.7 Å². The molecule has 0 spiro atoms. The van der Waals surface area contributed by atoms with Gasteiger partial charge in [0, 0.05) is 13.1 Å². The molecule has 0 saturated carbocycles. The van der Waals surface area contributed by atoms with E-state index >= 15 is 0 Å². The molecule has 33 heavy (non-hydrogen) atoms. The van der Waals surface area contributed by atoms with Crippen molar-refractivity contribution in [2.45, 2.75) is 6.04 Å². The minimum atomic E-state index is -0.750. The number of ether oxygens (including phenoxy) is 1. The first-order valence-corrected chi connectivity index (χ1v) is 10.9. The summed E-state index contributed by atoms with van der Waals surface area (Å²) in [5.74, 6) is -0.113. The molecule has 0 bridgehead atoms. The molecular weight excluding hydrogens is 418 g/mol. The van der Waals surface area contributed by atoms with Crippen LogP contribution in [-0.4, -0.2) is 59.8 Å². The molecule has 0 aromatic heterocycles. The third-order valence-electron chi connectivity index (χ3n) is 6.02. The maximum absolute atomic E-state index is 13.4. The maximum Gasteiger partial charge on any atom is 0.260 e. The lowest BCUT2D eigenvalue weighted by atomic mass is 10.0. The molecule has 1 atom stereocenters. The Kier molecular flexibility index (Phi) is 5.52. The summed E-state index contributed by atoms with van der Waals surface area (Å²) < 4.78 is 5.56. The van der Waals surface area contributed by atoms with Crippen molar-refractivity contribution in [2.75, 3.05) is 31.6 Å². The molecule has 2 aliphatic heterocycles. The zero-order valence-electron chi connectivity index (χ0n) is 17.9. The van der Waals surface area contributed by atoms with Crippen LogP contribution in [-0.2, 0) is 9.59 Å². The Morgan fingerprint density at radius 1 is 0.909 bits per heavy atom. The highest BCUT2D eigenvalue weighted by atomic mass is 16.5. The maximum atomic E-state index is 13.4. The Labute approximate surface area is 191 Å². The van der Waals surface area contributed by atoms with Crippen LogP contribution >= 0.6 is 0 Å². The fraction of sp³-hybridized carbons (Fsp3) is 0.192. The minimum absolute atomic E-state index is 0.118. The van der Waals surface area contributed by atoms with E-state index in [-0.39, 0.29) is 37.4 Å². The molecular formula is C26H23N3O4. The molecule has 7 heteroatoms.